The SMILES string of the molecule is CC(=O)OCc1ccc(C#N)c2occc12. The summed E-state index contributed by atoms with van der Waals surface area (Å²) in [7, 11) is 0. The third-order valence-electron chi connectivity index (χ3n) is 2.26. The van der Waals surface area contributed by atoms with Crippen LogP contribution in [0.25, 0.3) is 11.0 Å². The third kappa shape index (κ3) is 1.75. The standard InChI is InChI=1S/C12H9NO3/c1-8(14)16-7-10-3-2-9(6-13)12-11(10)4-5-15-12/h2-5H,7H2,1H3. The van der Waals surface area contributed by atoms with Crippen LogP contribution in [-0.4, -0.2) is 5.97 Å². The molecule has 0 radical (unpaired) electrons. The van der Waals surface area contributed by atoms with E-state index in [-0.39, 0.29) is 12.6 Å². The summed E-state index contributed by atoms with van der Waals surface area (Å²) in [6.07, 6.45) is 1.52. The number of carbonyl (C=O) groups is 1. The van der Waals surface area contributed by atoms with Crippen LogP contribution in [0.1, 0.15) is 18.1 Å². The van der Waals surface area contributed by atoms with Crippen molar-refractivity contribution in [1.82, 2.24) is 0 Å². The molecule has 4 nitrogen and oxygen atoms in total. The molecule has 1 aromatic carbocycles. The summed E-state index contributed by atoms with van der Waals surface area (Å²) in [6, 6.07) is 7.23. The molecule has 0 atom stereocenters. The third-order valence-corrected chi connectivity index (χ3v) is 2.26. The van der Waals surface area contributed by atoms with Crippen molar-refractivity contribution < 1.29 is 13.9 Å². The van der Waals surface area contributed by atoms with Gasteiger partial charge in [-0.1, -0.05) is 6.07 Å². The van der Waals surface area contributed by atoms with Gasteiger partial charge in [-0.05, 0) is 12.1 Å². The lowest BCUT2D eigenvalue weighted by Crippen LogP contribution is -1.99. The normalized spacial score (nSPS) is 10.0. The summed E-state index contributed by atoms with van der Waals surface area (Å²) < 4.78 is 10.1. The van der Waals surface area contributed by atoms with Crippen LogP contribution in [0, 0.1) is 11.3 Å². The van der Waals surface area contributed by atoms with E-state index in [0.717, 1.165) is 10.9 Å². The Morgan fingerprint density at radius 3 is 3.00 bits per heavy atom. The molecule has 0 bridgehead atoms. The summed E-state index contributed by atoms with van der Waals surface area (Å²) in [5.74, 6) is -0.332. The average Bonchev–Trinajstić information content (AvgIpc) is 2.74. The predicted octanol–water partition coefficient (Wildman–Crippen LogP) is 2.37. The van der Waals surface area contributed by atoms with Gasteiger partial charge in [0.1, 0.15) is 12.7 Å². The van der Waals surface area contributed by atoms with E-state index in [4.69, 9.17) is 14.4 Å². The molecule has 0 fully saturated rings. The highest BCUT2D eigenvalue weighted by molar-refractivity contribution is 5.86. The van der Waals surface area contributed by atoms with E-state index in [9.17, 15) is 4.79 Å². The van der Waals surface area contributed by atoms with Crippen LogP contribution in [0.4, 0.5) is 0 Å². The zero-order valence-electron chi connectivity index (χ0n) is 8.69. The molecule has 0 saturated carbocycles. The average molecular weight is 215 g/mol. The summed E-state index contributed by atoms with van der Waals surface area (Å²) >= 11 is 0. The lowest BCUT2D eigenvalue weighted by molar-refractivity contribution is -0.142. The Morgan fingerprint density at radius 1 is 1.50 bits per heavy atom. The van der Waals surface area contributed by atoms with Gasteiger partial charge in [0, 0.05) is 17.9 Å². The van der Waals surface area contributed by atoms with Crippen LogP contribution < -0.4 is 0 Å². The van der Waals surface area contributed by atoms with Crippen LogP contribution in [0.5, 0.6) is 0 Å². The number of ether oxygens (including phenoxy) is 1. The second-order valence-electron chi connectivity index (χ2n) is 3.33. The van der Waals surface area contributed by atoms with Gasteiger partial charge < -0.3 is 9.15 Å². The molecule has 0 N–H and O–H groups in total. The van der Waals surface area contributed by atoms with E-state index >= 15 is 0 Å². The maximum absolute atomic E-state index is 10.7. The maximum atomic E-state index is 10.7. The van der Waals surface area contributed by atoms with Crippen molar-refractivity contribution in [3.63, 3.8) is 0 Å². The number of nitrogens with zero attached hydrogens (tertiary/aromatic N) is 1. The van der Waals surface area contributed by atoms with E-state index in [1.54, 1.807) is 18.2 Å². The monoisotopic (exact) mass is 215 g/mol. The van der Waals surface area contributed by atoms with Gasteiger partial charge in [0.05, 0.1) is 11.8 Å². The molecule has 2 rings (SSSR count). The molecule has 0 saturated heterocycles. The molecule has 4 heteroatoms. The Morgan fingerprint density at radius 2 is 2.31 bits per heavy atom. The lowest BCUT2D eigenvalue weighted by atomic mass is 10.1. The Kier molecular flexibility index (Phi) is 2.61. The van der Waals surface area contributed by atoms with Crippen LogP contribution >= 0.6 is 0 Å². The highest BCUT2D eigenvalue weighted by Gasteiger charge is 2.09. The number of fused-ring (bicyclic) bond motifs is 1. The van der Waals surface area contributed by atoms with Gasteiger partial charge in [-0.15, -0.1) is 0 Å². The number of furan rings is 1. The van der Waals surface area contributed by atoms with E-state index < -0.39 is 0 Å². The minimum atomic E-state index is -0.332. The fourth-order valence-electron chi connectivity index (χ4n) is 1.51. The quantitative estimate of drug-likeness (QED) is 0.721. The fourth-order valence-corrected chi connectivity index (χ4v) is 1.51. The van der Waals surface area contributed by atoms with E-state index in [1.165, 1.54) is 13.2 Å². The van der Waals surface area contributed by atoms with E-state index in [0.29, 0.717) is 11.1 Å². The Balaban J connectivity index is 2.44. The van der Waals surface area contributed by atoms with Gasteiger partial charge >= 0.3 is 5.97 Å². The number of hydrogen-bond donors (Lipinski definition) is 0. The van der Waals surface area contributed by atoms with Crippen molar-refractivity contribution in [3.8, 4) is 6.07 Å². The van der Waals surface area contributed by atoms with Gasteiger partial charge in [0.25, 0.3) is 0 Å². The molecule has 1 aromatic heterocycles. The van der Waals surface area contributed by atoms with Crippen LogP contribution in [-0.2, 0) is 16.1 Å². The molecule has 0 unspecified atom stereocenters. The predicted molar refractivity (Wildman–Crippen MR) is 56.4 cm³/mol. The van der Waals surface area contributed by atoms with Crippen molar-refractivity contribution >= 4 is 16.9 Å². The lowest BCUT2D eigenvalue weighted by Gasteiger charge is -2.03. The highest BCUT2D eigenvalue weighted by Crippen LogP contribution is 2.24. The van der Waals surface area contributed by atoms with E-state index in [1.807, 2.05) is 6.07 Å². The first-order chi connectivity index (χ1) is 7.72. The molecule has 0 spiro atoms. The molecular weight excluding hydrogens is 206 g/mol. The summed E-state index contributed by atoms with van der Waals surface area (Å²) in [5, 5.41) is 9.67. The molecule has 80 valence electrons. The number of carbonyl (C=O) groups excluding carboxylic acids is 1. The summed E-state index contributed by atoms with van der Waals surface area (Å²) in [4.78, 5) is 10.7. The number of benzene rings is 1. The van der Waals surface area contributed by atoms with Crippen molar-refractivity contribution in [2.45, 2.75) is 13.5 Å². The van der Waals surface area contributed by atoms with Crippen molar-refractivity contribution in [2.75, 3.05) is 0 Å². The first kappa shape index (κ1) is 10.2. The number of nitriles is 1. The topological polar surface area (TPSA) is 63.2 Å². The molecule has 0 aliphatic heterocycles. The number of esters is 1. The smallest absolute Gasteiger partial charge is 0.302 e. The Bertz CT molecular complexity index is 577. The molecule has 0 amide bonds. The minimum absolute atomic E-state index is 0.192. The van der Waals surface area contributed by atoms with Crippen LogP contribution in [0.15, 0.2) is 28.9 Å². The second kappa shape index (κ2) is 4.07. The molecule has 0 aliphatic rings. The Hall–Kier alpha value is -2.28. The molecule has 1 heterocycles. The van der Waals surface area contributed by atoms with Gasteiger partial charge in [0.15, 0.2) is 5.58 Å². The van der Waals surface area contributed by atoms with Crippen molar-refractivity contribution in [3.05, 3.63) is 35.6 Å². The van der Waals surface area contributed by atoms with Gasteiger partial charge in [-0.25, -0.2) is 0 Å². The number of hydrogen-bond acceptors (Lipinski definition) is 4. The first-order valence-corrected chi connectivity index (χ1v) is 4.75. The van der Waals surface area contributed by atoms with Crippen LogP contribution in [0.3, 0.4) is 0 Å². The number of rotatable bonds is 2. The zero-order chi connectivity index (χ0) is 11.5. The minimum Gasteiger partial charge on any atom is -0.463 e. The highest BCUT2D eigenvalue weighted by atomic mass is 16.5. The fraction of sp³-hybridized carbons (Fsp3) is 0.167. The van der Waals surface area contributed by atoms with Gasteiger partial charge in [0.2, 0.25) is 0 Å². The molecular formula is C12H9NO3. The zero-order valence-corrected chi connectivity index (χ0v) is 8.69. The second-order valence-corrected chi connectivity index (χ2v) is 3.33. The maximum Gasteiger partial charge on any atom is 0.302 e. The molecule has 16 heavy (non-hydrogen) atoms. The Labute approximate surface area is 92.0 Å². The van der Waals surface area contributed by atoms with E-state index in [2.05, 4.69) is 0 Å². The largest absolute Gasteiger partial charge is 0.463 e. The molecule has 2 aromatic rings. The summed E-state index contributed by atoms with van der Waals surface area (Å²) in [6.45, 7) is 1.55. The van der Waals surface area contributed by atoms with Gasteiger partial charge in [-0.2, -0.15) is 5.26 Å². The van der Waals surface area contributed by atoms with Crippen molar-refractivity contribution in [2.24, 2.45) is 0 Å². The molecule has 0 aliphatic carbocycles. The van der Waals surface area contributed by atoms with Crippen LogP contribution in [0.2, 0.25) is 0 Å². The summed E-state index contributed by atoms with van der Waals surface area (Å²) in [5.41, 5.74) is 1.84. The van der Waals surface area contributed by atoms with Crippen molar-refractivity contribution in [1.29, 1.82) is 5.26 Å². The first-order valence-electron chi connectivity index (χ1n) is 4.75. The van der Waals surface area contributed by atoms with Gasteiger partial charge in [-0.3, -0.25) is 4.79 Å².